The van der Waals surface area contributed by atoms with Gasteiger partial charge in [0.05, 0.1) is 41.4 Å². The van der Waals surface area contributed by atoms with Crippen molar-refractivity contribution in [1.29, 1.82) is 0 Å². The number of rotatable bonds is 12. The summed E-state index contributed by atoms with van der Waals surface area (Å²) in [5, 5.41) is 51.6. The van der Waals surface area contributed by atoms with E-state index >= 15 is 0 Å². The monoisotopic (exact) mass is 648 g/mol. The molecule has 5 N–H and O–H groups in total. The number of hydrogen-bond donors (Lipinski definition) is 5. The Morgan fingerprint density at radius 2 is 1.61 bits per heavy atom. The fraction of sp³-hybridized carbons (Fsp3) is 0.739. The van der Waals surface area contributed by atoms with Gasteiger partial charge in [0.2, 0.25) is 12.0 Å². The van der Waals surface area contributed by atoms with Crippen LogP contribution in [0.25, 0.3) is 0 Å². The van der Waals surface area contributed by atoms with Crippen molar-refractivity contribution in [3.8, 4) is 17.2 Å². The standard InChI is InChI=1S/C23H37IO11S/c1-9-14(22(29)36-21-11(3)34-13(27)8-12(21)26)18(31-5)20(32-6)19(15(9)24)35-23(33-7)16(28)17(30-4)10(2)25/h10-13,16-17,21-23,25-29H,8H2,1-7H3. The lowest BCUT2D eigenvalue weighted by molar-refractivity contribution is -0.184. The number of ether oxygens (including phenoxy) is 6. The lowest BCUT2D eigenvalue weighted by atomic mass is 10.1. The van der Waals surface area contributed by atoms with E-state index in [1.807, 2.05) is 22.6 Å². The lowest BCUT2D eigenvalue weighted by Gasteiger charge is -2.37. The Balaban J connectivity index is 2.47. The number of halogens is 1. The van der Waals surface area contributed by atoms with Gasteiger partial charge in [-0.05, 0) is 48.9 Å². The van der Waals surface area contributed by atoms with E-state index in [0.29, 0.717) is 14.7 Å². The molecule has 11 nitrogen and oxygen atoms in total. The third-order valence-corrected chi connectivity index (χ3v) is 8.82. The molecule has 0 amide bonds. The van der Waals surface area contributed by atoms with Gasteiger partial charge < -0.3 is 54.0 Å². The highest BCUT2D eigenvalue weighted by molar-refractivity contribution is 14.1. The van der Waals surface area contributed by atoms with Crippen LogP contribution in [0.2, 0.25) is 0 Å². The number of aliphatic hydroxyl groups excluding tert-OH is 5. The van der Waals surface area contributed by atoms with Crippen LogP contribution in [0.3, 0.4) is 0 Å². The predicted molar refractivity (Wildman–Crippen MR) is 140 cm³/mol. The SMILES string of the molecule is COc1c(OC(OC)C(O)C(OC)C(C)O)c(I)c(C)c(C(O)SC2C(O)CC(O)OC2C)c1OC. The minimum atomic E-state index is -1.35. The van der Waals surface area contributed by atoms with Crippen molar-refractivity contribution in [2.45, 2.75) is 81.0 Å². The molecule has 208 valence electrons. The largest absolute Gasteiger partial charge is 0.492 e. The number of methoxy groups -OCH3 is 4. The van der Waals surface area contributed by atoms with Gasteiger partial charge in [0.25, 0.3) is 0 Å². The van der Waals surface area contributed by atoms with Crippen molar-refractivity contribution in [3.63, 3.8) is 0 Å². The molecule has 0 saturated carbocycles. The number of benzene rings is 1. The van der Waals surface area contributed by atoms with Crippen molar-refractivity contribution in [3.05, 3.63) is 14.7 Å². The molecule has 1 aliphatic rings. The third kappa shape index (κ3) is 6.87. The first-order valence-electron chi connectivity index (χ1n) is 11.3. The van der Waals surface area contributed by atoms with Crippen LogP contribution in [0, 0.1) is 10.5 Å². The highest BCUT2D eigenvalue weighted by Gasteiger charge is 2.39. The molecule has 0 aliphatic carbocycles. The molecular formula is C23H37IO11S. The quantitative estimate of drug-likeness (QED) is 0.164. The maximum atomic E-state index is 11.2. The van der Waals surface area contributed by atoms with E-state index in [4.69, 9.17) is 28.4 Å². The van der Waals surface area contributed by atoms with Gasteiger partial charge in [0, 0.05) is 26.2 Å². The number of thioether (sulfide) groups is 1. The van der Waals surface area contributed by atoms with Crippen LogP contribution in [0.5, 0.6) is 17.2 Å². The molecule has 0 radical (unpaired) electrons. The van der Waals surface area contributed by atoms with Crippen LogP contribution >= 0.6 is 34.4 Å². The van der Waals surface area contributed by atoms with Crippen LogP contribution in [0.1, 0.15) is 36.8 Å². The zero-order valence-corrected chi connectivity index (χ0v) is 24.3. The number of aliphatic hydroxyl groups is 5. The van der Waals surface area contributed by atoms with Gasteiger partial charge in [-0.15, -0.1) is 11.8 Å². The average Bonchev–Trinajstić information content (AvgIpc) is 2.81. The Morgan fingerprint density at radius 1 is 1.00 bits per heavy atom. The zero-order valence-electron chi connectivity index (χ0n) is 21.4. The maximum absolute atomic E-state index is 11.2. The molecule has 2 rings (SSSR count). The van der Waals surface area contributed by atoms with E-state index in [1.165, 1.54) is 35.4 Å². The zero-order chi connectivity index (χ0) is 27.3. The number of hydrogen-bond acceptors (Lipinski definition) is 12. The highest BCUT2D eigenvalue weighted by Crippen LogP contribution is 2.51. The summed E-state index contributed by atoms with van der Waals surface area (Å²) in [4.78, 5) is 0. The summed E-state index contributed by atoms with van der Waals surface area (Å²) >= 11 is 3.12. The van der Waals surface area contributed by atoms with Crippen LogP contribution < -0.4 is 14.2 Å². The first kappa shape index (κ1) is 31.6. The summed E-state index contributed by atoms with van der Waals surface area (Å²) in [5.41, 5.74) is -0.116. The van der Waals surface area contributed by atoms with E-state index in [9.17, 15) is 25.5 Å². The average molecular weight is 649 g/mol. The Bertz CT molecular complexity index is 846. The van der Waals surface area contributed by atoms with Gasteiger partial charge in [-0.25, -0.2) is 0 Å². The molecule has 0 bridgehead atoms. The predicted octanol–water partition coefficient (Wildman–Crippen LogP) is 1.31. The molecule has 9 atom stereocenters. The van der Waals surface area contributed by atoms with Crippen LogP contribution in [0.15, 0.2) is 0 Å². The van der Waals surface area contributed by atoms with E-state index in [2.05, 4.69) is 0 Å². The molecule has 1 heterocycles. The van der Waals surface area contributed by atoms with Crippen molar-refractivity contribution in [2.24, 2.45) is 0 Å². The summed E-state index contributed by atoms with van der Waals surface area (Å²) in [6, 6.07) is 0. The van der Waals surface area contributed by atoms with E-state index in [1.54, 1.807) is 13.8 Å². The molecule has 36 heavy (non-hydrogen) atoms. The Hall–Kier alpha value is -0.620. The van der Waals surface area contributed by atoms with Gasteiger partial charge in [0.15, 0.2) is 17.8 Å². The molecule has 1 aromatic carbocycles. The summed E-state index contributed by atoms with van der Waals surface area (Å²) in [7, 11) is 5.53. The minimum Gasteiger partial charge on any atom is -0.492 e. The Labute approximate surface area is 229 Å². The smallest absolute Gasteiger partial charge is 0.228 e. The van der Waals surface area contributed by atoms with Crippen molar-refractivity contribution < 1.29 is 54.0 Å². The van der Waals surface area contributed by atoms with E-state index in [0.717, 1.165) is 11.8 Å². The molecular weight excluding hydrogens is 611 g/mol. The second kappa shape index (κ2) is 14.0. The second-order valence-electron chi connectivity index (χ2n) is 8.45. The molecule has 1 saturated heterocycles. The van der Waals surface area contributed by atoms with Crippen molar-refractivity contribution >= 4 is 34.4 Å². The van der Waals surface area contributed by atoms with E-state index in [-0.39, 0.29) is 23.7 Å². The van der Waals surface area contributed by atoms with Crippen LogP contribution in [-0.2, 0) is 14.2 Å². The molecule has 13 heteroatoms. The summed E-state index contributed by atoms with van der Waals surface area (Å²) in [5.74, 6) is 0.566. The Kier molecular flexibility index (Phi) is 12.3. The van der Waals surface area contributed by atoms with Gasteiger partial charge in [-0.1, -0.05) is 0 Å². The third-order valence-electron chi connectivity index (χ3n) is 6.02. The molecule has 1 aliphatic heterocycles. The molecule has 0 aromatic heterocycles. The van der Waals surface area contributed by atoms with Gasteiger partial charge in [-0.3, -0.25) is 0 Å². The van der Waals surface area contributed by atoms with Crippen molar-refractivity contribution in [1.82, 2.24) is 0 Å². The minimum absolute atomic E-state index is 0.0358. The van der Waals surface area contributed by atoms with Gasteiger partial charge in [0.1, 0.15) is 17.6 Å². The molecule has 1 aromatic rings. The second-order valence-corrected chi connectivity index (χ2v) is 10.8. The fourth-order valence-corrected chi connectivity index (χ4v) is 6.14. The topological polar surface area (TPSA) is 157 Å². The first-order valence-corrected chi connectivity index (χ1v) is 13.3. The maximum Gasteiger partial charge on any atom is 0.228 e. The van der Waals surface area contributed by atoms with E-state index < -0.39 is 53.8 Å². The van der Waals surface area contributed by atoms with Crippen molar-refractivity contribution in [2.75, 3.05) is 28.4 Å². The van der Waals surface area contributed by atoms with Gasteiger partial charge >= 0.3 is 0 Å². The summed E-state index contributed by atoms with van der Waals surface area (Å²) in [6.07, 6.45) is -6.98. The summed E-state index contributed by atoms with van der Waals surface area (Å²) in [6.45, 7) is 4.96. The highest BCUT2D eigenvalue weighted by atomic mass is 127. The summed E-state index contributed by atoms with van der Waals surface area (Å²) < 4.78 is 33.8. The molecule has 0 spiro atoms. The van der Waals surface area contributed by atoms with Gasteiger partial charge in [-0.2, -0.15) is 0 Å². The van der Waals surface area contributed by atoms with Crippen LogP contribution in [-0.4, -0.2) is 102 Å². The first-order chi connectivity index (χ1) is 16.9. The fourth-order valence-electron chi connectivity index (χ4n) is 4.18. The molecule has 9 unspecified atom stereocenters. The molecule has 1 fully saturated rings. The lowest BCUT2D eigenvalue weighted by Crippen LogP contribution is -2.47. The Morgan fingerprint density at radius 3 is 2.08 bits per heavy atom. The van der Waals surface area contributed by atoms with Crippen LogP contribution in [0.4, 0.5) is 0 Å². The normalized spacial score (nSPS) is 26.6.